The first-order valence-corrected chi connectivity index (χ1v) is 10.2. The van der Waals surface area contributed by atoms with Crippen molar-refractivity contribution in [3.63, 3.8) is 0 Å². The van der Waals surface area contributed by atoms with Crippen molar-refractivity contribution in [1.29, 1.82) is 0 Å². The Bertz CT molecular complexity index is 854. The molecular formula is C17H19N3O3S2. The van der Waals surface area contributed by atoms with Gasteiger partial charge in [0.1, 0.15) is 4.21 Å². The zero-order valence-corrected chi connectivity index (χ0v) is 15.2. The van der Waals surface area contributed by atoms with Crippen molar-refractivity contribution in [2.75, 3.05) is 13.1 Å². The molecule has 3 heterocycles. The molecule has 1 saturated heterocycles. The molecule has 2 aromatic rings. The Kier molecular flexibility index (Phi) is 5.31. The number of nitrogens with one attached hydrogen (secondary N) is 1. The van der Waals surface area contributed by atoms with Crippen LogP contribution in [-0.4, -0.2) is 42.7 Å². The molecule has 0 saturated carbocycles. The smallest absolute Gasteiger partial charge is 0.252 e. The van der Waals surface area contributed by atoms with Crippen molar-refractivity contribution in [2.24, 2.45) is 0 Å². The lowest BCUT2D eigenvalue weighted by molar-refractivity contribution is -0.117. The van der Waals surface area contributed by atoms with Crippen LogP contribution in [0.3, 0.4) is 0 Å². The predicted molar refractivity (Wildman–Crippen MR) is 97.7 cm³/mol. The second-order valence-corrected chi connectivity index (χ2v) is 8.97. The fraction of sp³-hybridized carbons (Fsp3) is 0.294. The van der Waals surface area contributed by atoms with Crippen LogP contribution in [0.1, 0.15) is 12.8 Å². The highest BCUT2D eigenvalue weighted by molar-refractivity contribution is 7.91. The molecule has 2 aromatic heterocycles. The SMILES string of the molecule is C=CC(=O)NC1CCN(S(=O)(=O)c2ccc(-c3ccccn3)s2)CC1. The van der Waals surface area contributed by atoms with E-state index in [1.807, 2.05) is 18.2 Å². The van der Waals surface area contributed by atoms with Crippen molar-refractivity contribution in [3.8, 4) is 10.6 Å². The number of hydrogen-bond acceptors (Lipinski definition) is 5. The number of aromatic nitrogens is 1. The molecule has 1 aliphatic rings. The second-order valence-electron chi connectivity index (χ2n) is 5.72. The minimum Gasteiger partial charge on any atom is -0.350 e. The van der Waals surface area contributed by atoms with Gasteiger partial charge in [0.15, 0.2) is 0 Å². The fourth-order valence-electron chi connectivity index (χ4n) is 2.73. The maximum Gasteiger partial charge on any atom is 0.252 e. The molecule has 1 fully saturated rings. The molecule has 25 heavy (non-hydrogen) atoms. The van der Waals surface area contributed by atoms with Gasteiger partial charge in [-0.2, -0.15) is 4.31 Å². The predicted octanol–water partition coefficient (Wildman–Crippen LogP) is 2.27. The largest absolute Gasteiger partial charge is 0.350 e. The number of sulfonamides is 1. The first kappa shape index (κ1) is 17.8. The molecule has 0 aromatic carbocycles. The third-order valence-electron chi connectivity index (χ3n) is 4.08. The van der Waals surface area contributed by atoms with Gasteiger partial charge < -0.3 is 5.32 Å². The number of carbonyl (C=O) groups is 1. The standard InChI is InChI=1S/C17H19N3O3S2/c1-2-16(21)19-13-8-11-20(12-9-13)25(22,23)17-7-6-15(24-17)14-5-3-4-10-18-14/h2-7,10,13H,1,8-9,11-12H2,(H,19,21). The number of pyridine rings is 1. The van der Waals surface area contributed by atoms with Crippen molar-refractivity contribution < 1.29 is 13.2 Å². The zero-order chi connectivity index (χ0) is 17.9. The Labute approximate surface area is 151 Å². The van der Waals surface area contributed by atoms with Gasteiger partial charge in [-0.05, 0) is 43.2 Å². The molecule has 3 rings (SSSR count). The van der Waals surface area contributed by atoms with Crippen molar-refractivity contribution >= 4 is 27.3 Å². The van der Waals surface area contributed by atoms with Crippen LogP contribution in [0.2, 0.25) is 0 Å². The average Bonchev–Trinajstić information content (AvgIpc) is 3.14. The van der Waals surface area contributed by atoms with Gasteiger partial charge >= 0.3 is 0 Å². The molecule has 132 valence electrons. The quantitative estimate of drug-likeness (QED) is 0.811. The maximum atomic E-state index is 12.8. The second kappa shape index (κ2) is 7.47. The van der Waals surface area contributed by atoms with Gasteiger partial charge in [-0.3, -0.25) is 9.78 Å². The summed E-state index contributed by atoms with van der Waals surface area (Å²) in [4.78, 5) is 16.4. The summed E-state index contributed by atoms with van der Waals surface area (Å²) < 4.78 is 27.5. The van der Waals surface area contributed by atoms with Gasteiger partial charge in [0.25, 0.3) is 10.0 Å². The number of nitrogens with zero attached hydrogens (tertiary/aromatic N) is 2. The van der Waals surface area contributed by atoms with Crippen molar-refractivity contribution in [3.05, 3.63) is 49.2 Å². The highest BCUT2D eigenvalue weighted by Crippen LogP contribution is 2.32. The van der Waals surface area contributed by atoms with Gasteiger partial charge in [-0.1, -0.05) is 12.6 Å². The van der Waals surface area contributed by atoms with Crippen LogP contribution in [-0.2, 0) is 14.8 Å². The van der Waals surface area contributed by atoms with Gasteiger partial charge in [0.2, 0.25) is 5.91 Å². The summed E-state index contributed by atoms with van der Waals surface area (Å²) in [7, 11) is -3.52. The molecule has 1 aliphatic heterocycles. The van der Waals surface area contributed by atoms with Crippen molar-refractivity contribution in [1.82, 2.24) is 14.6 Å². The molecule has 0 aliphatic carbocycles. The van der Waals surface area contributed by atoms with E-state index in [-0.39, 0.29) is 11.9 Å². The summed E-state index contributed by atoms with van der Waals surface area (Å²) in [5.41, 5.74) is 0.764. The van der Waals surface area contributed by atoms with E-state index in [1.54, 1.807) is 18.3 Å². The molecule has 8 heteroatoms. The van der Waals surface area contributed by atoms with Crippen LogP contribution in [0.15, 0.2) is 53.4 Å². The molecular weight excluding hydrogens is 358 g/mol. The summed E-state index contributed by atoms with van der Waals surface area (Å²) in [5.74, 6) is -0.223. The molecule has 1 amide bonds. The Balaban J connectivity index is 1.70. The highest BCUT2D eigenvalue weighted by Gasteiger charge is 2.30. The van der Waals surface area contributed by atoms with Gasteiger partial charge in [0.05, 0.1) is 10.6 Å². The molecule has 0 atom stereocenters. The summed E-state index contributed by atoms with van der Waals surface area (Å²) in [6.45, 7) is 4.21. The maximum absolute atomic E-state index is 12.8. The van der Waals surface area contributed by atoms with Crippen LogP contribution in [0.25, 0.3) is 10.6 Å². The van der Waals surface area contributed by atoms with Crippen LogP contribution in [0.5, 0.6) is 0 Å². The third-order valence-corrected chi connectivity index (χ3v) is 7.55. The lowest BCUT2D eigenvalue weighted by Gasteiger charge is -2.31. The first-order valence-electron chi connectivity index (χ1n) is 7.95. The minimum absolute atomic E-state index is 0.00985. The summed E-state index contributed by atoms with van der Waals surface area (Å²) >= 11 is 1.23. The van der Waals surface area contributed by atoms with Crippen molar-refractivity contribution in [2.45, 2.75) is 23.1 Å². The van der Waals surface area contributed by atoms with Crippen LogP contribution in [0.4, 0.5) is 0 Å². The number of amides is 1. The first-order chi connectivity index (χ1) is 12.0. The molecule has 0 bridgehead atoms. The fourth-order valence-corrected chi connectivity index (χ4v) is 5.64. The number of rotatable bonds is 5. The van der Waals surface area contributed by atoms with E-state index in [2.05, 4.69) is 16.9 Å². The molecule has 1 N–H and O–H groups in total. The number of hydrogen-bond donors (Lipinski definition) is 1. The van der Waals surface area contributed by atoms with Gasteiger partial charge in [0, 0.05) is 25.3 Å². The van der Waals surface area contributed by atoms with Crippen LogP contribution < -0.4 is 5.32 Å². The van der Waals surface area contributed by atoms with Gasteiger partial charge in [-0.15, -0.1) is 11.3 Å². The van der Waals surface area contributed by atoms with E-state index in [0.29, 0.717) is 30.1 Å². The third kappa shape index (κ3) is 3.97. The lowest BCUT2D eigenvalue weighted by Crippen LogP contribution is -2.46. The van der Waals surface area contributed by atoms with E-state index in [9.17, 15) is 13.2 Å². The Hall–Kier alpha value is -2.03. The van der Waals surface area contributed by atoms with E-state index in [4.69, 9.17) is 0 Å². The molecule has 0 spiro atoms. The van der Waals surface area contributed by atoms with Crippen LogP contribution in [0, 0.1) is 0 Å². The molecule has 0 radical (unpaired) electrons. The van der Waals surface area contributed by atoms with Gasteiger partial charge in [-0.25, -0.2) is 8.42 Å². The Morgan fingerprint density at radius 3 is 2.68 bits per heavy atom. The number of piperidine rings is 1. The molecule has 6 nitrogen and oxygen atoms in total. The lowest BCUT2D eigenvalue weighted by atomic mass is 10.1. The monoisotopic (exact) mass is 377 g/mol. The van der Waals surface area contributed by atoms with E-state index in [0.717, 1.165) is 10.6 Å². The topological polar surface area (TPSA) is 79.4 Å². The van der Waals surface area contributed by atoms with E-state index in [1.165, 1.54) is 21.7 Å². The average molecular weight is 377 g/mol. The van der Waals surface area contributed by atoms with E-state index < -0.39 is 10.0 Å². The zero-order valence-electron chi connectivity index (χ0n) is 13.6. The summed E-state index contributed by atoms with van der Waals surface area (Å²) in [6.07, 6.45) is 4.11. The number of thiophene rings is 1. The molecule has 0 unspecified atom stereocenters. The van der Waals surface area contributed by atoms with Crippen LogP contribution >= 0.6 is 11.3 Å². The number of carbonyl (C=O) groups excluding carboxylic acids is 1. The van der Waals surface area contributed by atoms with E-state index >= 15 is 0 Å². The normalized spacial score (nSPS) is 16.5. The minimum atomic E-state index is -3.52. The Morgan fingerprint density at radius 1 is 1.28 bits per heavy atom. The highest BCUT2D eigenvalue weighted by atomic mass is 32.2. The summed E-state index contributed by atoms with van der Waals surface area (Å²) in [5, 5.41) is 2.82. The summed E-state index contributed by atoms with van der Waals surface area (Å²) in [6, 6.07) is 8.97. The Morgan fingerprint density at radius 2 is 2.04 bits per heavy atom.